The van der Waals surface area contributed by atoms with Crippen LogP contribution in [0.15, 0.2) is 47.2 Å². The van der Waals surface area contributed by atoms with Gasteiger partial charge in [-0.05, 0) is 18.2 Å². The molecule has 0 saturated carbocycles. The smallest absolute Gasteiger partial charge is 0.226 e. The van der Waals surface area contributed by atoms with Crippen molar-refractivity contribution in [3.05, 3.63) is 54.2 Å². The van der Waals surface area contributed by atoms with Crippen LogP contribution in [0.1, 0.15) is 24.4 Å². The molecule has 0 atom stereocenters. The number of carbonyl (C=O) groups excluding carboxylic acids is 1. The van der Waals surface area contributed by atoms with E-state index in [1.54, 1.807) is 18.5 Å². The molecule has 25 heavy (non-hydrogen) atoms. The van der Waals surface area contributed by atoms with E-state index in [0.717, 1.165) is 5.39 Å². The van der Waals surface area contributed by atoms with Crippen LogP contribution in [0.5, 0.6) is 0 Å². The summed E-state index contributed by atoms with van der Waals surface area (Å²) in [6, 6.07) is 9.28. The Hall–Kier alpha value is -2.80. The number of ether oxygens (including phenoxy) is 1. The van der Waals surface area contributed by atoms with E-state index >= 15 is 0 Å². The Morgan fingerprint density at radius 3 is 2.68 bits per heavy atom. The number of carbonyl (C=O) groups is 1. The SMILES string of the molecule is O=C(Cc1noc2ccccc12)NC1(c2ncccn2)CCOCC1. The minimum atomic E-state index is -0.601. The van der Waals surface area contributed by atoms with Gasteiger partial charge < -0.3 is 14.6 Å². The van der Waals surface area contributed by atoms with Crippen molar-refractivity contribution in [3.8, 4) is 0 Å². The Morgan fingerprint density at radius 1 is 1.12 bits per heavy atom. The van der Waals surface area contributed by atoms with Crippen molar-refractivity contribution >= 4 is 16.9 Å². The molecule has 2 aromatic heterocycles. The zero-order valence-corrected chi connectivity index (χ0v) is 13.6. The number of nitrogens with one attached hydrogen (secondary N) is 1. The molecule has 0 radical (unpaired) electrons. The van der Waals surface area contributed by atoms with Gasteiger partial charge in [0.1, 0.15) is 11.2 Å². The highest BCUT2D eigenvalue weighted by atomic mass is 16.5. The van der Waals surface area contributed by atoms with E-state index in [-0.39, 0.29) is 12.3 Å². The fourth-order valence-corrected chi connectivity index (χ4v) is 3.20. The number of hydrogen-bond acceptors (Lipinski definition) is 6. The number of amides is 1. The standard InChI is InChI=1S/C18H18N4O3/c23-16(12-14-13-4-1-2-5-15(13)25-22-14)21-18(6-10-24-11-7-18)17-19-8-3-9-20-17/h1-5,8-9H,6-7,10-12H2,(H,21,23). The lowest BCUT2D eigenvalue weighted by atomic mass is 9.88. The summed E-state index contributed by atoms with van der Waals surface area (Å²) in [5, 5.41) is 8.01. The van der Waals surface area contributed by atoms with E-state index in [1.165, 1.54) is 0 Å². The van der Waals surface area contributed by atoms with E-state index in [9.17, 15) is 4.79 Å². The van der Waals surface area contributed by atoms with Crippen molar-refractivity contribution in [1.29, 1.82) is 0 Å². The molecule has 7 nitrogen and oxygen atoms in total. The molecule has 1 N–H and O–H groups in total. The summed E-state index contributed by atoms with van der Waals surface area (Å²) in [5.74, 6) is 0.491. The van der Waals surface area contributed by atoms with Crippen LogP contribution >= 0.6 is 0 Å². The molecule has 0 unspecified atom stereocenters. The fourth-order valence-electron chi connectivity index (χ4n) is 3.20. The predicted octanol–water partition coefficient (Wildman–Crippen LogP) is 1.98. The van der Waals surface area contributed by atoms with Crippen LogP contribution in [-0.4, -0.2) is 34.2 Å². The maximum atomic E-state index is 12.7. The van der Waals surface area contributed by atoms with Crippen LogP contribution in [0.3, 0.4) is 0 Å². The Bertz CT molecular complexity index is 872. The number of aromatic nitrogens is 3. The summed E-state index contributed by atoms with van der Waals surface area (Å²) < 4.78 is 10.7. The molecule has 128 valence electrons. The van der Waals surface area contributed by atoms with Gasteiger partial charge in [-0.2, -0.15) is 0 Å². The van der Waals surface area contributed by atoms with Crippen molar-refractivity contribution in [2.45, 2.75) is 24.8 Å². The van der Waals surface area contributed by atoms with Gasteiger partial charge in [0.2, 0.25) is 5.91 Å². The number of rotatable bonds is 4. The average Bonchev–Trinajstić information content (AvgIpc) is 3.06. The van der Waals surface area contributed by atoms with Gasteiger partial charge in [0, 0.05) is 43.8 Å². The van der Waals surface area contributed by atoms with Crippen LogP contribution < -0.4 is 5.32 Å². The maximum Gasteiger partial charge on any atom is 0.226 e. The number of nitrogens with zero attached hydrogens (tertiary/aromatic N) is 3. The maximum absolute atomic E-state index is 12.7. The molecule has 4 rings (SSSR count). The summed E-state index contributed by atoms with van der Waals surface area (Å²) >= 11 is 0. The van der Waals surface area contributed by atoms with E-state index in [4.69, 9.17) is 9.26 Å². The van der Waals surface area contributed by atoms with Gasteiger partial charge in [0.15, 0.2) is 11.4 Å². The molecule has 3 heterocycles. The topological polar surface area (TPSA) is 90.1 Å². The number of fused-ring (bicyclic) bond motifs is 1. The number of benzene rings is 1. The minimum absolute atomic E-state index is 0.131. The van der Waals surface area contributed by atoms with E-state index in [2.05, 4.69) is 20.4 Å². The lowest BCUT2D eigenvalue weighted by Gasteiger charge is -2.36. The molecule has 1 aliphatic rings. The Labute approximate surface area is 144 Å². The van der Waals surface area contributed by atoms with Crippen LogP contribution in [0, 0.1) is 0 Å². The largest absolute Gasteiger partial charge is 0.381 e. The molecule has 1 amide bonds. The first-order valence-corrected chi connectivity index (χ1v) is 8.26. The third kappa shape index (κ3) is 3.10. The van der Waals surface area contributed by atoms with Crippen molar-refractivity contribution < 1.29 is 14.1 Å². The Morgan fingerprint density at radius 2 is 1.88 bits per heavy atom. The molecule has 0 aliphatic carbocycles. The molecule has 0 spiro atoms. The van der Waals surface area contributed by atoms with Gasteiger partial charge in [-0.15, -0.1) is 0 Å². The van der Waals surface area contributed by atoms with Gasteiger partial charge in [0.25, 0.3) is 0 Å². The van der Waals surface area contributed by atoms with E-state index in [0.29, 0.717) is 43.2 Å². The highest BCUT2D eigenvalue weighted by Crippen LogP contribution is 2.29. The van der Waals surface area contributed by atoms with Crippen LogP contribution in [-0.2, 0) is 21.5 Å². The second-order valence-electron chi connectivity index (χ2n) is 6.12. The first kappa shape index (κ1) is 15.7. The summed E-state index contributed by atoms with van der Waals surface area (Å²) in [6.07, 6.45) is 4.81. The molecule has 0 bridgehead atoms. The Balaban J connectivity index is 1.57. The van der Waals surface area contributed by atoms with Gasteiger partial charge in [-0.3, -0.25) is 4.79 Å². The highest BCUT2D eigenvalue weighted by molar-refractivity contribution is 5.86. The zero-order chi connectivity index (χ0) is 17.1. The zero-order valence-electron chi connectivity index (χ0n) is 13.6. The van der Waals surface area contributed by atoms with Crippen LogP contribution in [0.4, 0.5) is 0 Å². The molecular formula is C18H18N4O3. The van der Waals surface area contributed by atoms with Gasteiger partial charge in [0.05, 0.1) is 6.42 Å². The number of para-hydroxylation sites is 1. The monoisotopic (exact) mass is 338 g/mol. The first-order chi connectivity index (χ1) is 12.3. The molecule has 1 saturated heterocycles. The van der Waals surface area contributed by atoms with Crippen LogP contribution in [0.2, 0.25) is 0 Å². The van der Waals surface area contributed by atoms with Crippen molar-refractivity contribution in [1.82, 2.24) is 20.4 Å². The normalized spacial score (nSPS) is 16.6. The van der Waals surface area contributed by atoms with Gasteiger partial charge in [-0.25, -0.2) is 9.97 Å². The quantitative estimate of drug-likeness (QED) is 0.782. The molecule has 1 aliphatic heterocycles. The second kappa shape index (κ2) is 6.60. The lowest BCUT2D eigenvalue weighted by Crippen LogP contribution is -2.51. The first-order valence-electron chi connectivity index (χ1n) is 8.26. The lowest BCUT2D eigenvalue weighted by molar-refractivity contribution is -0.124. The van der Waals surface area contributed by atoms with Crippen molar-refractivity contribution in [3.63, 3.8) is 0 Å². The van der Waals surface area contributed by atoms with Gasteiger partial charge >= 0.3 is 0 Å². The second-order valence-corrected chi connectivity index (χ2v) is 6.12. The molecule has 1 aromatic carbocycles. The predicted molar refractivity (Wildman–Crippen MR) is 89.6 cm³/mol. The van der Waals surface area contributed by atoms with Crippen LogP contribution in [0.25, 0.3) is 11.0 Å². The molecule has 7 heteroatoms. The molecule has 3 aromatic rings. The van der Waals surface area contributed by atoms with E-state index in [1.807, 2.05) is 24.3 Å². The summed E-state index contributed by atoms with van der Waals surface area (Å²) in [4.78, 5) is 21.4. The van der Waals surface area contributed by atoms with Crippen molar-refractivity contribution in [2.24, 2.45) is 0 Å². The Kier molecular flexibility index (Phi) is 4.15. The third-order valence-electron chi connectivity index (χ3n) is 4.50. The van der Waals surface area contributed by atoms with Crippen molar-refractivity contribution in [2.75, 3.05) is 13.2 Å². The third-order valence-corrected chi connectivity index (χ3v) is 4.50. The summed E-state index contributed by atoms with van der Waals surface area (Å²) in [6.45, 7) is 1.12. The fraction of sp³-hybridized carbons (Fsp3) is 0.333. The molecule has 1 fully saturated rings. The summed E-state index contributed by atoms with van der Waals surface area (Å²) in [5.41, 5.74) is 0.706. The minimum Gasteiger partial charge on any atom is -0.381 e. The average molecular weight is 338 g/mol. The number of hydrogen-bond donors (Lipinski definition) is 1. The van der Waals surface area contributed by atoms with Gasteiger partial charge in [-0.1, -0.05) is 17.3 Å². The van der Waals surface area contributed by atoms with E-state index < -0.39 is 5.54 Å². The molecular weight excluding hydrogens is 320 g/mol. The summed E-state index contributed by atoms with van der Waals surface area (Å²) in [7, 11) is 0. The highest BCUT2D eigenvalue weighted by Gasteiger charge is 2.38.